The molecule has 0 fully saturated rings. The van der Waals surface area contributed by atoms with Gasteiger partial charge in [-0.3, -0.25) is 0 Å². The van der Waals surface area contributed by atoms with Crippen molar-refractivity contribution in [2.24, 2.45) is 0 Å². The summed E-state index contributed by atoms with van der Waals surface area (Å²) in [6, 6.07) is 13.4. The number of nitrogens with zero attached hydrogens (tertiary/aromatic N) is 3. The number of benzene rings is 1. The molecule has 0 amide bonds. The summed E-state index contributed by atoms with van der Waals surface area (Å²) in [6.07, 6.45) is 1.54. The molecule has 1 aliphatic heterocycles. The highest BCUT2D eigenvalue weighted by atomic mass is 16.6. The molecule has 0 unspecified atom stereocenters. The van der Waals surface area contributed by atoms with Gasteiger partial charge in [0.05, 0.1) is 12.1 Å². The first kappa shape index (κ1) is 14.2. The fourth-order valence-electron chi connectivity index (χ4n) is 2.42. The van der Waals surface area contributed by atoms with Crippen LogP contribution in [0.1, 0.15) is 12.5 Å². The summed E-state index contributed by atoms with van der Waals surface area (Å²) in [5, 5.41) is 8.84. The molecule has 5 nitrogen and oxygen atoms in total. The van der Waals surface area contributed by atoms with Crippen molar-refractivity contribution < 1.29 is 9.47 Å². The molecule has 0 bridgehead atoms. The molecule has 112 valence electrons. The van der Waals surface area contributed by atoms with Gasteiger partial charge in [-0.15, -0.1) is 0 Å². The van der Waals surface area contributed by atoms with Crippen LogP contribution in [-0.2, 0) is 0 Å². The van der Waals surface area contributed by atoms with E-state index in [1.807, 2.05) is 30.3 Å². The van der Waals surface area contributed by atoms with E-state index in [-0.39, 0.29) is 6.10 Å². The molecule has 2 heterocycles. The zero-order valence-corrected chi connectivity index (χ0v) is 12.4. The topological polar surface area (TPSA) is 58.4 Å². The van der Waals surface area contributed by atoms with Crippen molar-refractivity contribution in [1.82, 2.24) is 4.98 Å². The van der Waals surface area contributed by atoms with E-state index in [2.05, 4.69) is 22.9 Å². The lowest BCUT2D eigenvalue weighted by atomic mass is 10.2. The van der Waals surface area contributed by atoms with Gasteiger partial charge in [-0.2, -0.15) is 5.26 Å². The third kappa shape index (κ3) is 2.96. The first-order chi connectivity index (χ1) is 10.8. The van der Waals surface area contributed by atoms with Crippen LogP contribution in [0.15, 0.2) is 42.6 Å². The quantitative estimate of drug-likeness (QED) is 0.868. The maximum atomic E-state index is 8.84. The Morgan fingerprint density at radius 1 is 1.27 bits per heavy atom. The fraction of sp³-hybridized carbons (Fsp3) is 0.294. The van der Waals surface area contributed by atoms with Crippen LogP contribution in [-0.4, -0.2) is 30.8 Å². The monoisotopic (exact) mass is 295 g/mol. The molecule has 5 heteroatoms. The molecule has 1 aromatic heterocycles. The molecule has 0 spiro atoms. The standard InChI is InChI=1S/C17H17N3O2/c1-2-20(17-8-7-13(9-18)10-19-17)11-14-12-21-15-5-3-4-6-16(15)22-14/h3-8,10,14H,2,11-12H2,1H3/t14-/m1/s1. The van der Waals surface area contributed by atoms with Crippen molar-refractivity contribution in [2.75, 3.05) is 24.6 Å². The highest BCUT2D eigenvalue weighted by Crippen LogP contribution is 2.31. The Morgan fingerprint density at radius 3 is 2.77 bits per heavy atom. The predicted octanol–water partition coefficient (Wildman–Crippen LogP) is 2.62. The van der Waals surface area contributed by atoms with Crippen molar-refractivity contribution in [1.29, 1.82) is 5.26 Å². The molecule has 1 aromatic carbocycles. The van der Waals surface area contributed by atoms with E-state index in [9.17, 15) is 0 Å². The number of para-hydroxylation sites is 2. The number of anilines is 1. The number of ether oxygens (including phenoxy) is 2. The molecular weight excluding hydrogens is 278 g/mol. The van der Waals surface area contributed by atoms with Crippen molar-refractivity contribution in [3.63, 3.8) is 0 Å². The van der Waals surface area contributed by atoms with Crippen LogP contribution >= 0.6 is 0 Å². The number of fused-ring (bicyclic) bond motifs is 1. The molecule has 2 aromatic rings. The Hall–Kier alpha value is -2.74. The second-order valence-corrected chi connectivity index (χ2v) is 5.05. The summed E-state index contributed by atoms with van der Waals surface area (Å²) >= 11 is 0. The maximum absolute atomic E-state index is 8.84. The Labute approximate surface area is 129 Å². The number of likely N-dealkylation sites (N-methyl/N-ethyl adjacent to an activating group) is 1. The van der Waals surface area contributed by atoms with Crippen LogP contribution in [0.25, 0.3) is 0 Å². The number of aromatic nitrogens is 1. The second-order valence-electron chi connectivity index (χ2n) is 5.05. The lowest BCUT2D eigenvalue weighted by Gasteiger charge is -2.31. The summed E-state index contributed by atoms with van der Waals surface area (Å²) in [7, 11) is 0. The molecule has 0 aliphatic carbocycles. The van der Waals surface area contributed by atoms with Gasteiger partial charge in [-0.05, 0) is 31.2 Å². The summed E-state index contributed by atoms with van der Waals surface area (Å²) in [4.78, 5) is 6.45. The second kappa shape index (κ2) is 6.35. The molecule has 0 saturated heterocycles. The first-order valence-electron chi connectivity index (χ1n) is 7.29. The average molecular weight is 295 g/mol. The van der Waals surface area contributed by atoms with Crippen molar-refractivity contribution in [3.8, 4) is 17.6 Å². The van der Waals surface area contributed by atoms with Gasteiger partial charge >= 0.3 is 0 Å². The Balaban J connectivity index is 1.70. The number of hydrogen-bond donors (Lipinski definition) is 0. The Bertz CT molecular complexity index is 679. The normalized spacial score (nSPS) is 15.9. The van der Waals surface area contributed by atoms with Gasteiger partial charge in [-0.1, -0.05) is 12.1 Å². The van der Waals surface area contributed by atoms with E-state index in [1.165, 1.54) is 0 Å². The average Bonchev–Trinajstić information content (AvgIpc) is 2.59. The molecule has 0 radical (unpaired) electrons. The summed E-state index contributed by atoms with van der Waals surface area (Å²) in [5.74, 6) is 2.41. The Kier molecular flexibility index (Phi) is 4.10. The van der Waals surface area contributed by atoms with E-state index >= 15 is 0 Å². The molecule has 3 rings (SSSR count). The number of hydrogen-bond acceptors (Lipinski definition) is 5. The molecule has 1 atom stereocenters. The van der Waals surface area contributed by atoms with Crippen molar-refractivity contribution >= 4 is 5.82 Å². The molecule has 0 saturated carbocycles. The zero-order valence-electron chi connectivity index (χ0n) is 12.4. The van der Waals surface area contributed by atoms with Gasteiger partial charge in [0, 0.05) is 12.7 Å². The number of nitriles is 1. The lowest BCUT2D eigenvalue weighted by molar-refractivity contribution is 0.0953. The highest BCUT2D eigenvalue weighted by Gasteiger charge is 2.23. The molecule has 0 N–H and O–H groups in total. The van der Waals surface area contributed by atoms with Gasteiger partial charge < -0.3 is 14.4 Å². The van der Waals surface area contributed by atoms with Crippen molar-refractivity contribution in [2.45, 2.75) is 13.0 Å². The van der Waals surface area contributed by atoms with Crippen LogP contribution in [0.4, 0.5) is 5.82 Å². The minimum absolute atomic E-state index is 0.0488. The number of rotatable bonds is 4. The minimum atomic E-state index is -0.0488. The Morgan fingerprint density at radius 2 is 2.09 bits per heavy atom. The van der Waals surface area contributed by atoms with Crippen LogP contribution in [0.3, 0.4) is 0 Å². The SMILES string of the molecule is CCN(C[C@@H]1COc2ccccc2O1)c1ccc(C#N)cn1. The highest BCUT2D eigenvalue weighted by molar-refractivity contribution is 5.43. The first-order valence-corrected chi connectivity index (χ1v) is 7.29. The van der Waals surface area contributed by atoms with Gasteiger partial charge in [0.2, 0.25) is 0 Å². The van der Waals surface area contributed by atoms with E-state index in [0.717, 1.165) is 23.9 Å². The van der Waals surface area contributed by atoms with E-state index in [0.29, 0.717) is 18.7 Å². The molecule has 22 heavy (non-hydrogen) atoms. The third-order valence-electron chi connectivity index (χ3n) is 3.57. The molecular formula is C17H17N3O2. The molecule has 1 aliphatic rings. The van der Waals surface area contributed by atoms with Crippen LogP contribution in [0.5, 0.6) is 11.5 Å². The number of pyridine rings is 1. The van der Waals surface area contributed by atoms with E-state index in [4.69, 9.17) is 14.7 Å². The smallest absolute Gasteiger partial charge is 0.161 e. The third-order valence-corrected chi connectivity index (χ3v) is 3.57. The van der Waals surface area contributed by atoms with E-state index in [1.54, 1.807) is 12.3 Å². The van der Waals surface area contributed by atoms with Gasteiger partial charge in [0.1, 0.15) is 18.5 Å². The van der Waals surface area contributed by atoms with Crippen molar-refractivity contribution in [3.05, 3.63) is 48.2 Å². The van der Waals surface area contributed by atoms with Gasteiger partial charge in [-0.25, -0.2) is 4.98 Å². The predicted molar refractivity (Wildman–Crippen MR) is 83.2 cm³/mol. The van der Waals surface area contributed by atoms with Crippen LogP contribution in [0, 0.1) is 11.3 Å². The summed E-state index contributed by atoms with van der Waals surface area (Å²) in [5.41, 5.74) is 0.561. The lowest BCUT2D eigenvalue weighted by Crippen LogP contribution is -2.41. The minimum Gasteiger partial charge on any atom is -0.486 e. The summed E-state index contributed by atoms with van der Waals surface area (Å²) in [6.45, 7) is 4.07. The van der Waals surface area contributed by atoms with E-state index < -0.39 is 0 Å². The summed E-state index contributed by atoms with van der Waals surface area (Å²) < 4.78 is 11.7. The maximum Gasteiger partial charge on any atom is 0.161 e. The van der Waals surface area contributed by atoms with Gasteiger partial charge in [0.25, 0.3) is 0 Å². The van der Waals surface area contributed by atoms with Crippen LogP contribution in [0.2, 0.25) is 0 Å². The van der Waals surface area contributed by atoms with Gasteiger partial charge in [0.15, 0.2) is 17.6 Å². The fourth-order valence-corrected chi connectivity index (χ4v) is 2.42. The largest absolute Gasteiger partial charge is 0.486 e. The van der Waals surface area contributed by atoms with Crippen LogP contribution < -0.4 is 14.4 Å². The zero-order chi connectivity index (χ0) is 15.4.